The van der Waals surface area contributed by atoms with Gasteiger partial charge >= 0.3 is 0 Å². The lowest BCUT2D eigenvalue weighted by atomic mass is 9.48. The van der Waals surface area contributed by atoms with Gasteiger partial charge in [0.1, 0.15) is 0 Å². The van der Waals surface area contributed by atoms with Gasteiger partial charge in [0.05, 0.1) is 0 Å². The van der Waals surface area contributed by atoms with Crippen molar-refractivity contribution < 1.29 is 0 Å². The van der Waals surface area contributed by atoms with Crippen LogP contribution in [0.5, 0.6) is 0 Å². The van der Waals surface area contributed by atoms with Gasteiger partial charge in [-0.1, -0.05) is 53.6 Å². The second-order valence-electron chi connectivity index (χ2n) is 9.15. The largest absolute Gasteiger partial charge is 0.0579 e. The van der Waals surface area contributed by atoms with Crippen LogP contribution in [-0.4, -0.2) is 0 Å². The van der Waals surface area contributed by atoms with Gasteiger partial charge in [-0.2, -0.15) is 0 Å². The first-order valence-corrected chi connectivity index (χ1v) is 9.79. The molecule has 24 heavy (non-hydrogen) atoms. The summed E-state index contributed by atoms with van der Waals surface area (Å²) in [7, 11) is 0. The Bertz CT molecular complexity index is 710. The molecule has 0 aromatic heterocycles. The average Bonchev–Trinajstić information content (AvgIpc) is 2.53. The van der Waals surface area contributed by atoms with E-state index in [0.29, 0.717) is 5.41 Å². The molecule has 0 unspecified atom stereocenters. The minimum atomic E-state index is 0.524. The van der Waals surface area contributed by atoms with Crippen molar-refractivity contribution in [1.29, 1.82) is 0 Å². The fourth-order valence-corrected chi connectivity index (χ4v) is 6.62. The van der Waals surface area contributed by atoms with Crippen molar-refractivity contribution in [2.24, 2.45) is 17.8 Å². The minimum absolute atomic E-state index is 0.524. The topological polar surface area (TPSA) is 0 Å². The smallest absolute Gasteiger partial charge is 0.00391 e. The Morgan fingerprint density at radius 1 is 0.667 bits per heavy atom. The second kappa shape index (κ2) is 5.22. The molecule has 0 heterocycles. The summed E-state index contributed by atoms with van der Waals surface area (Å²) in [5.41, 5.74) is 7.61. The molecule has 0 N–H and O–H groups in total. The number of hydrogen-bond donors (Lipinski definition) is 0. The molecular formula is C24H28. The van der Waals surface area contributed by atoms with E-state index in [4.69, 9.17) is 0 Å². The molecule has 0 nitrogen and oxygen atoms in total. The molecule has 4 bridgehead atoms. The Balaban J connectivity index is 1.48. The molecule has 0 aliphatic heterocycles. The summed E-state index contributed by atoms with van der Waals surface area (Å²) in [6.07, 6.45) is 8.96. The van der Waals surface area contributed by atoms with Gasteiger partial charge in [0.2, 0.25) is 0 Å². The Kier molecular flexibility index (Phi) is 3.21. The molecule has 6 rings (SSSR count). The van der Waals surface area contributed by atoms with Crippen LogP contribution in [0.15, 0.2) is 42.5 Å². The van der Waals surface area contributed by atoms with Crippen LogP contribution < -0.4 is 0 Å². The van der Waals surface area contributed by atoms with E-state index in [-0.39, 0.29) is 0 Å². The van der Waals surface area contributed by atoms with Crippen molar-refractivity contribution in [3.8, 4) is 11.1 Å². The summed E-state index contributed by atoms with van der Waals surface area (Å²) in [6, 6.07) is 16.6. The zero-order valence-electron chi connectivity index (χ0n) is 15.0. The maximum Gasteiger partial charge on any atom is -0.00391 e. The summed E-state index contributed by atoms with van der Waals surface area (Å²) >= 11 is 0. The standard InChI is InChI=1S/C24H28/c1-16-7-17(2)9-22(8-16)21-3-5-23(6-4-21)24-13-18-10-19(14-24)12-20(11-18)15-24/h3-9,18-20H,10-15H2,1-2H3. The van der Waals surface area contributed by atoms with Crippen LogP contribution in [-0.2, 0) is 5.41 Å². The van der Waals surface area contributed by atoms with Gasteiger partial charge in [0, 0.05) is 0 Å². The van der Waals surface area contributed by atoms with Crippen molar-refractivity contribution in [3.05, 3.63) is 59.2 Å². The Labute approximate surface area is 146 Å². The minimum Gasteiger partial charge on any atom is -0.0579 e. The van der Waals surface area contributed by atoms with E-state index in [2.05, 4.69) is 56.3 Å². The van der Waals surface area contributed by atoms with E-state index < -0.39 is 0 Å². The van der Waals surface area contributed by atoms with Crippen LogP contribution in [0.4, 0.5) is 0 Å². The van der Waals surface area contributed by atoms with Gasteiger partial charge in [-0.15, -0.1) is 0 Å². The molecule has 0 atom stereocenters. The molecule has 124 valence electrons. The lowest BCUT2D eigenvalue weighted by Gasteiger charge is -2.57. The Morgan fingerprint density at radius 3 is 1.67 bits per heavy atom. The fraction of sp³-hybridized carbons (Fsp3) is 0.500. The highest BCUT2D eigenvalue weighted by atomic mass is 14.6. The third-order valence-corrected chi connectivity index (χ3v) is 7.09. The van der Waals surface area contributed by atoms with Crippen molar-refractivity contribution in [3.63, 3.8) is 0 Å². The summed E-state index contributed by atoms with van der Waals surface area (Å²) in [6.45, 7) is 4.39. The fourth-order valence-electron chi connectivity index (χ4n) is 6.62. The molecule has 4 saturated carbocycles. The van der Waals surface area contributed by atoms with Gasteiger partial charge in [-0.25, -0.2) is 0 Å². The normalized spacial score (nSPS) is 33.8. The first-order valence-electron chi connectivity index (χ1n) is 9.79. The van der Waals surface area contributed by atoms with E-state index in [1.165, 1.54) is 60.8 Å². The maximum absolute atomic E-state index is 2.46. The number of aryl methyl sites for hydroxylation is 2. The summed E-state index contributed by atoms with van der Waals surface area (Å²) in [4.78, 5) is 0. The zero-order valence-corrected chi connectivity index (χ0v) is 15.0. The SMILES string of the molecule is Cc1cc(C)cc(-c2ccc(C34CC5CC(CC(C5)C3)C4)cc2)c1. The molecule has 2 aromatic carbocycles. The molecule has 4 aliphatic carbocycles. The van der Waals surface area contributed by atoms with E-state index in [9.17, 15) is 0 Å². The van der Waals surface area contributed by atoms with Crippen LogP contribution in [0.25, 0.3) is 11.1 Å². The molecule has 4 fully saturated rings. The van der Waals surface area contributed by atoms with Gasteiger partial charge in [-0.3, -0.25) is 0 Å². The molecule has 0 amide bonds. The van der Waals surface area contributed by atoms with Crippen molar-refractivity contribution in [1.82, 2.24) is 0 Å². The van der Waals surface area contributed by atoms with Crippen LogP contribution in [0.1, 0.15) is 55.2 Å². The maximum atomic E-state index is 2.46. The molecule has 2 aromatic rings. The third kappa shape index (κ3) is 2.34. The number of hydrogen-bond acceptors (Lipinski definition) is 0. The average molecular weight is 316 g/mol. The quantitative estimate of drug-likeness (QED) is 0.598. The van der Waals surface area contributed by atoms with E-state index in [1.807, 2.05) is 0 Å². The predicted molar refractivity (Wildman–Crippen MR) is 101 cm³/mol. The highest BCUT2D eigenvalue weighted by Gasteiger charge is 2.51. The van der Waals surface area contributed by atoms with E-state index in [1.54, 1.807) is 5.56 Å². The van der Waals surface area contributed by atoms with Crippen molar-refractivity contribution in [2.75, 3.05) is 0 Å². The Hall–Kier alpha value is -1.56. The Morgan fingerprint density at radius 2 is 1.17 bits per heavy atom. The number of rotatable bonds is 2. The molecule has 4 aliphatic rings. The lowest BCUT2D eigenvalue weighted by Crippen LogP contribution is -2.48. The number of benzene rings is 2. The lowest BCUT2D eigenvalue weighted by molar-refractivity contribution is -0.00518. The van der Waals surface area contributed by atoms with Crippen molar-refractivity contribution >= 4 is 0 Å². The second-order valence-corrected chi connectivity index (χ2v) is 9.15. The van der Waals surface area contributed by atoms with Gasteiger partial charge in [-0.05, 0) is 92.2 Å². The zero-order chi connectivity index (χ0) is 16.3. The third-order valence-electron chi connectivity index (χ3n) is 7.09. The first-order chi connectivity index (χ1) is 11.6. The van der Waals surface area contributed by atoms with Crippen LogP contribution >= 0.6 is 0 Å². The summed E-state index contributed by atoms with van der Waals surface area (Å²) < 4.78 is 0. The van der Waals surface area contributed by atoms with Crippen LogP contribution in [0.2, 0.25) is 0 Å². The van der Waals surface area contributed by atoms with Gasteiger partial charge in [0.15, 0.2) is 0 Å². The molecule has 0 heteroatoms. The first kappa shape index (κ1) is 14.8. The monoisotopic (exact) mass is 316 g/mol. The molecular weight excluding hydrogens is 288 g/mol. The van der Waals surface area contributed by atoms with Crippen molar-refractivity contribution in [2.45, 2.75) is 57.8 Å². The van der Waals surface area contributed by atoms with E-state index in [0.717, 1.165) is 17.8 Å². The predicted octanol–water partition coefficient (Wildman–Crippen LogP) is 6.44. The summed E-state index contributed by atoms with van der Waals surface area (Å²) in [5, 5.41) is 0. The molecule has 0 saturated heterocycles. The van der Waals surface area contributed by atoms with E-state index >= 15 is 0 Å². The highest BCUT2D eigenvalue weighted by Crippen LogP contribution is 2.60. The molecule has 0 radical (unpaired) electrons. The highest BCUT2D eigenvalue weighted by molar-refractivity contribution is 5.65. The van der Waals surface area contributed by atoms with Crippen LogP contribution in [0, 0.1) is 31.6 Å². The van der Waals surface area contributed by atoms with Crippen LogP contribution in [0.3, 0.4) is 0 Å². The molecule has 0 spiro atoms. The van der Waals surface area contributed by atoms with Gasteiger partial charge < -0.3 is 0 Å². The van der Waals surface area contributed by atoms with Gasteiger partial charge in [0.25, 0.3) is 0 Å². The summed E-state index contributed by atoms with van der Waals surface area (Å²) in [5.74, 6) is 3.07.